The average Bonchev–Trinajstić information content (AvgIpc) is 2.73. The van der Waals surface area contributed by atoms with Crippen molar-refractivity contribution >= 4 is 5.65 Å². The molecule has 96 valence electrons. The van der Waals surface area contributed by atoms with E-state index in [2.05, 4.69) is 42.0 Å². The molecular weight excluding hydrogens is 222 g/mol. The van der Waals surface area contributed by atoms with Gasteiger partial charge >= 0.3 is 0 Å². The molecule has 1 aliphatic rings. The summed E-state index contributed by atoms with van der Waals surface area (Å²) in [7, 11) is 0. The molecule has 0 amide bonds. The number of piperidine rings is 1. The third-order valence-electron chi connectivity index (χ3n) is 3.79. The van der Waals surface area contributed by atoms with Gasteiger partial charge in [0.15, 0.2) is 0 Å². The monoisotopic (exact) mass is 243 g/mol. The van der Waals surface area contributed by atoms with E-state index in [4.69, 9.17) is 4.98 Å². The van der Waals surface area contributed by atoms with Crippen molar-refractivity contribution in [2.45, 2.75) is 45.6 Å². The van der Waals surface area contributed by atoms with E-state index in [0.29, 0.717) is 6.04 Å². The third-order valence-corrected chi connectivity index (χ3v) is 3.79. The van der Waals surface area contributed by atoms with Gasteiger partial charge in [-0.3, -0.25) is 0 Å². The summed E-state index contributed by atoms with van der Waals surface area (Å²) in [4.78, 5) is 4.77. The number of hydrogen-bond donors (Lipinski definition) is 1. The van der Waals surface area contributed by atoms with Crippen molar-refractivity contribution in [3.05, 3.63) is 35.3 Å². The molecule has 0 spiro atoms. The van der Waals surface area contributed by atoms with Gasteiger partial charge in [-0.1, -0.05) is 12.5 Å². The van der Waals surface area contributed by atoms with Crippen molar-refractivity contribution in [2.75, 3.05) is 6.54 Å². The first-order chi connectivity index (χ1) is 8.72. The molecule has 1 atom stereocenters. The van der Waals surface area contributed by atoms with Crippen LogP contribution >= 0.6 is 0 Å². The minimum absolute atomic E-state index is 0.616. The number of imidazole rings is 1. The van der Waals surface area contributed by atoms with Gasteiger partial charge in [-0.25, -0.2) is 4.98 Å². The van der Waals surface area contributed by atoms with Crippen LogP contribution in [0.15, 0.2) is 18.5 Å². The van der Waals surface area contributed by atoms with Crippen LogP contribution in [0.1, 0.15) is 36.1 Å². The lowest BCUT2D eigenvalue weighted by atomic mass is 10.0. The molecule has 0 aliphatic carbocycles. The number of nitrogens with one attached hydrogen (secondary N) is 1. The minimum Gasteiger partial charge on any atom is -0.314 e. The van der Waals surface area contributed by atoms with E-state index < -0.39 is 0 Å². The van der Waals surface area contributed by atoms with Gasteiger partial charge in [0.05, 0.1) is 5.69 Å². The van der Waals surface area contributed by atoms with Crippen molar-refractivity contribution in [1.82, 2.24) is 14.7 Å². The number of nitrogens with zero attached hydrogens (tertiary/aromatic N) is 2. The van der Waals surface area contributed by atoms with E-state index in [9.17, 15) is 0 Å². The van der Waals surface area contributed by atoms with Gasteiger partial charge in [0.1, 0.15) is 5.65 Å². The van der Waals surface area contributed by atoms with Gasteiger partial charge in [0, 0.05) is 24.9 Å². The molecule has 18 heavy (non-hydrogen) atoms. The molecule has 1 unspecified atom stereocenters. The quantitative estimate of drug-likeness (QED) is 0.878. The Kier molecular flexibility index (Phi) is 3.08. The first-order valence-electron chi connectivity index (χ1n) is 6.90. The lowest BCUT2D eigenvalue weighted by Gasteiger charge is -2.22. The molecule has 0 radical (unpaired) electrons. The van der Waals surface area contributed by atoms with E-state index in [1.54, 1.807) is 0 Å². The predicted octanol–water partition coefficient (Wildman–Crippen LogP) is 2.64. The van der Waals surface area contributed by atoms with Crippen molar-refractivity contribution in [3.8, 4) is 0 Å². The smallest absolute Gasteiger partial charge is 0.139 e. The number of aryl methyl sites for hydroxylation is 2. The normalized spacial score (nSPS) is 20.4. The fourth-order valence-electron chi connectivity index (χ4n) is 2.95. The fourth-order valence-corrected chi connectivity index (χ4v) is 2.95. The van der Waals surface area contributed by atoms with Crippen LogP contribution < -0.4 is 5.32 Å². The van der Waals surface area contributed by atoms with E-state index >= 15 is 0 Å². The molecular formula is C15H21N3. The summed E-state index contributed by atoms with van der Waals surface area (Å²) < 4.78 is 2.17. The lowest BCUT2D eigenvalue weighted by Crippen LogP contribution is -2.35. The van der Waals surface area contributed by atoms with Gasteiger partial charge in [-0.2, -0.15) is 0 Å². The van der Waals surface area contributed by atoms with E-state index in [-0.39, 0.29) is 0 Å². The topological polar surface area (TPSA) is 29.3 Å². The van der Waals surface area contributed by atoms with Crippen LogP contribution in [-0.4, -0.2) is 22.0 Å². The standard InChI is InChI=1S/C15H21N3/c1-11-7-12(2)15-17-14(10-18(15)9-11)8-13-5-3-4-6-16-13/h7,9-10,13,16H,3-6,8H2,1-2H3. The Morgan fingerprint density at radius 2 is 2.22 bits per heavy atom. The van der Waals surface area contributed by atoms with Crippen LogP contribution in [0.3, 0.4) is 0 Å². The zero-order valence-electron chi connectivity index (χ0n) is 11.2. The highest BCUT2D eigenvalue weighted by molar-refractivity contribution is 5.49. The SMILES string of the molecule is Cc1cc(C)c2nc(CC3CCCCN3)cn2c1. The molecule has 1 fully saturated rings. The fraction of sp³-hybridized carbons (Fsp3) is 0.533. The largest absolute Gasteiger partial charge is 0.314 e. The molecule has 0 saturated carbocycles. The molecule has 1 aliphatic heterocycles. The second-order valence-electron chi connectivity index (χ2n) is 5.51. The van der Waals surface area contributed by atoms with E-state index in [1.807, 2.05) is 0 Å². The highest BCUT2D eigenvalue weighted by atomic mass is 15.0. The van der Waals surface area contributed by atoms with Crippen molar-refractivity contribution in [2.24, 2.45) is 0 Å². The number of rotatable bonds is 2. The molecule has 0 aromatic carbocycles. The van der Waals surface area contributed by atoms with Crippen LogP contribution in [0.5, 0.6) is 0 Å². The van der Waals surface area contributed by atoms with E-state index in [1.165, 1.54) is 36.1 Å². The van der Waals surface area contributed by atoms with Gasteiger partial charge in [0.2, 0.25) is 0 Å². The summed E-state index contributed by atoms with van der Waals surface area (Å²) in [5, 5.41) is 3.59. The number of hydrogen-bond acceptors (Lipinski definition) is 2. The zero-order chi connectivity index (χ0) is 12.5. The average molecular weight is 243 g/mol. The highest BCUT2D eigenvalue weighted by Crippen LogP contribution is 2.16. The molecule has 1 saturated heterocycles. The molecule has 1 N–H and O–H groups in total. The Bertz CT molecular complexity index is 550. The third kappa shape index (κ3) is 2.27. The summed E-state index contributed by atoms with van der Waals surface area (Å²) >= 11 is 0. The Morgan fingerprint density at radius 3 is 3.00 bits per heavy atom. The zero-order valence-corrected chi connectivity index (χ0v) is 11.2. The number of fused-ring (bicyclic) bond motifs is 1. The Hall–Kier alpha value is -1.35. The van der Waals surface area contributed by atoms with Crippen molar-refractivity contribution in [3.63, 3.8) is 0 Å². The van der Waals surface area contributed by atoms with Crippen LogP contribution in [-0.2, 0) is 6.42 Å². The summed E-state index contributed by atoms with van der Waals surface area (Å²) in [5.74, 6) is 0. The second kappa shape index (κ2) is 4.73. The predicted molar refractivity (Wildman–Crippen MR) is 74.0 cm³/mol. The van der Waals surface area contributed by atoms with Crippen LogP contribution in [0, 0.1) is 13.8 Å². The molecule has 2 aromatic heterocycles. The molecule has 3 heterocycles. The number of aromatic nitrogens is 2. The summed E-state index contributed by atoms with van der Waals surface area (Å²) in [5.41, 5.74) is 4.87. The molecule has 3 heteroatoms. The maximum absolute atomic E-state index is 4.77. The van der Waals surface area contributed by atoms with Gasteiger partial charge in [0.25, 0.3) is 0 Å². The van der Waals surface area contributed by atoms with Crippen LogP contribution in [0.2, 0.25) is 0 Å². The summed E-state index contributed by atoms with van der Waals surface area (Å²) in [6.45, 7) is 5.43. The van der Waals surface area contributed by atoms with Gasteiger partial charge in [-0.15, -0.1) is 0 Å². The first kappa shape index (κ1) is 11.7. The van der Waals surface area contributed by atoms with Crippen molar-refractivity contribution in [1.29, 1.82) is 0 Å². The van der Waals surface area contributed by atoms with Gasteiger partial charge in [-0.05, 0) is 44.4 Å². The molecule has 2 aromatic rings. The molecule has 3 rings (SSSR count). The van der Waals surface area contributed by atoms with E-state index in [0.717, 1.165) is 18.6 Å². The lowest BCUT2D eigenvalue weighted by molar-refractivity contribution is 0.397. The molecule has 0 bridgehead atoms. The van der Waals surface area contributed by atoms with Crippen LogP contribution in [0.25, 0.3) is 5.65 Å². The molecule has 3 nitrogen and oxygen atoms in total. The summed E-state index contributed by atoms with van der Waals surface area (Å²) in [6, 6.07) is 2.82. The maximum Gasteiger partial charge on any atom is 0.139 e. The Labute approximate surface area is 108 Å². The highest BCUT2D eigenvalue weighted by Gasteiger charge is 2.15. The Balaban J connectivity index is 1.86. The number of pyridine rings is 1. The summed E-state index contributed by atoms with van der Waals surface area (Å²) in [6.07, 6.45) is 9.36. The Morgan fingerprint density at radius 1 is 1.33 bits per heavy atom. The van der Waals surface area contributed by atoms with Gasteiger partial charge < -0.3 is 9.72 Å². The second-order valence-corrected chi connectivity index (χ2v) is 5.51. The minimum atomic E-state index is 0.616. The van der Waals surface area contributed by atoms with Crippen molar-refractivity contribution < 1.29 is 0 Å². The first-order valence-corrected chi connectivity index (χ1v) is 6.90. The maximum atomic E-state index is 4.77. The van der Waals surface area contributed by atoms with Crippen LogP contribution in [0.4, 0.5) is 0 Å².